The van der Waals surface area contributed by atoms with Crippen LogP contribution in [0.15, 0.2) is 56.5 Å². The molecule has 25 heavy (non-hydrogen) atoms. The van der Waals surface area contributed by atoms with Crippen molar-refractivity contribution in [3.63, 3.8) is 0 Å². The van der Waals surface area contributed by atoms with Gasteiger partial charge in [-0.1, -0.05) is 28.1 Å². The minimum atomic E-state index is -0.544. The monoisotopic (exact) mass is 513 g/mol. The highest BCUT2D eigenvalue weighted by molar-refractivity contribution is 14.1. The van der Waals surface area contributed by atoms with Crippen LogP contribution < -0.4 is 5.43 Å². The Kier molecular flexibility index (Phi) is 5.13. The van der Waals surface area contributed by atoms with E-state index in [4.69, 9.17) is 4.42 Å². The molecule has 0 fully saturated rings. The molecule has 0 spiro atoms. The highest BCUT2D eigenvalue weighted by Crippen LogP contribution is 2.28. The number of furan rings is 1. The minimum Gasteiger partial charge on any atom is -0.450 e. The standard InChI is InChI=1S/C16H9BrIN3O4/c17-11-5-10-6-14(25-15(10)12(18)7-11)16(22)20-19-8-9-3-1-2-4-13(9)21(23)24/h1-8H,(H,20,22)/b19-8-. The summed E-state index contributed by atoms with van der Waals surface area (Å²) in [6, 6.07) is 11.4. The maximum atomic E-state index is 12.2. The number of nitrogens with one attached hydrogen (secondary N) is 1. The van der Waals surface area contributed by atoms with Crippen LogP contribution in [0.3, 0.4) is 0 Å². The van der Waals surface area contributed by atoms with Crippen LogP contribution in [-0.2, 0) is 0 Å². The van der Waals surface area contributed by atoms with E-state index in [9.17, 15) is 14.9 Å². The summed E-state index contributed by atoms with van der Waals surface area (Å²) in [5.41, 5.74) is 3.11. The van der Waals surface area contributed by atoms with Crippen LogP contribution in [0.25, 0.3) is 11.0 Å². The van der Waals surface area contributed by atoms with E-state index in [2.05, 4.69) is 49.0 Å². The Bertz CT molecular complexity index is 1020. The predicted octanol–water partition coefficient (Wildman–Crippen LogP) is 4.47. The molecular formula is C16H9BrIN3O4. The van der Waals surface area contributed by atoms with Crippen molar-refractivity contribution < 1.29 is 14.1 Å². The third kappa shape index (κ3) is 3.87. The van der Waals surface area contributed by atoms with Gasteiger partial charge in [-0.25, -0.2) is 5.43 Å². The molecule has 2 aromatic carbocycles. The van der Waals surface area contributed by atoms with Crippen molar-refractivity contribution in [1.29, 1.82) is 0 Å². The Labute approximate surface area is 163 Å². The summed E-state index contributed by atoms with van der Waals surface area (Å²) in [6.07, 6.45) is 1.22. The number of para-hydroxylation sites is 1. The lowest BCUT2D eigenvalue weighted by Gasteiger charge is -1.97. The molecule has 7 nitrogen and oxygen atoms in total. The van der Waals surface area contributed by atoms with Gasteiger partial charge in [0.15, 0.2) is 5.76 Å². The lowest BCUT2D eigenvalue weighted by Crippen LogP contribution is -2.16. The first-order chi connectivity index (χ1) is 12.0. The number of fused-ring (bicyclic) bond motifs is 1. The molecule has 0 saturated carbocycles. The maximum absolute atomic E-state index is 12.2. The van der Waals surface area contributed by atoms with Gasteiger partial charge in [0, 0.05) is 15.9 Å². The highest BCUT2D eigenvalue weighted by Gasteiger charge is 2.14. The van der Waals surface area contributed by atoms with Crippen molar-refractivity contribution in [3.05, 3.63) is 71.9 Å². The number of amides is 1. The van der Waals surface area contributed by atoms with Gasteiger partial charge in [-0.15, -0.1) is 0 Å². The molecule has 0 atom stereocenters. The quantitative estimate of drug-likeness (QED) is 0.241. The number of nitrogens with zero attached hydrogens (tertiary/aromatic N) is 2. The number of rotatable bonds is 4. The molecular weight excluding hydrogens is 505 g/mol. The first-order valence-electron chi connectivity index (χ1n) is 6.91. The smallest absolute Gasteiger partial charge is 0.307 e. The van der Waals surface area contributed by atoms with E-state index in [-0.39, 0.29) is 17.0 Å². The summed E-state index contributed by atoms with van der Waals surface area (Å²) < 4.78 is 7.30. The largest absolute Gasteiger partial charge is 0.450 e. The Balaban J connectivity index is 1.79. The zero-order valence-electron chi connectivity index (χ0n) is 12.4. The molecule has 0 aliphatic rings. The van der Waals surface area contributed by atoms with Crippen molar-refractivity contribution >= 4 is 67.3 Å². The summed E-state index contributed by atoms with van der Waals surface area (Å²) in [5, 5.41) is 15.5. The molecule has 0 bridgehead atoms. The summed E-state index contributed by atoms with van der Waals surface area (Å²) in [5.74, 6) is -0.441. The normalized spacial score (nSPS) is 11.1. The average Bonchev–Trinajstić information content (AvgIpc) is 2.99. The summed E-state index contributed by atoms with van der Waals surface area (Å²) >= 11 is 5.51. The van der Waals surface area contributed by atoms with Crippen molar-refractivity contribution in [3.8, 4) is 0 Å². The van der Waals surface area contributed by atoms with E-state index in [1.165, 1.54) is 18.3 Å². The van der Waals surface area contributed by atoms with E-state index in [1.807, 2.05) is 12.1 Å². The zero-order chi connectivity index (χ0) is 18.0. The minimum absolute atomic E-state index is 0.0939. The van der Waals surface area contributed by atoms with Gasteiger partial charge in [0.2, 0.25) is 0 Å². The molecule has 0 radical (unpaired) electrons. The van der Waals surface area contributed by atoms with Crippen molar-refractivity contribution in [2.45, 2.75) is 0 Å². The molecule has 1 N–H and O–H groups in total. The molecule has 0 unspecified atom stereocenters. The molecule has 9 heteroatoms. The van der Waals surface area contributed by atoms with E-state index in [0.717, 1.165) is 13.4 Å². The van der Waals surface area contributed by atoms with Crippen molar-refractivity contribution in [2.75, 3.05) is 0 Å². The van der Waals surface area contributed by atoms with Crippen molar-refractivity contribution in [1.82, 2.24) is 5.43 Å². The van der Waals surface area contributed by atoms with Gasteiger partial charge in [-0.05, 0) is 46.9 Å². The van der Waals surface area contributed by atoms with Crippen molar-refractivity contribution in [2.24, 2.45) is 5.10 Å². The molecule has 1 amide bonds. The Morgan fingerprint density at radius 2 is 2.08 bits per heavy atom. The van der Waals surface area contributed by atoms with Crippen LogP contribution in [0.2, 0.25) is 0 Å². The molecule has 0 aliphatic carbocycles. The summed E-state index contributed by atoms with van der Waals surface area (Å²) in [4.78, 5) is 22.6. The van der Waals surface area contributed by atoms with Gasteiger partial charge < -0.3 is 4.42 Å². The number of hydrazone groups is 1. The molecule has 0 aliphatic heterocycles. The second kappa shape index (κ2) is 7.31. The maximum Gasteiger partial charge on any atom is 0.307 e. The fourth-order valence-corrected chi connectivity index (χ4v) is 3.83. The van der Waals surface area contributed by atoms with E-state index in [1.54, 1.807) is 18.2 Å². The van der Waals surface area contributed by atoms with Gasteiger partial charge >= 0.3 is 5.91 Å². The van der Waals surface area contributed by atoms with E-state index >= 15 is 0 Å². The Morgan fingerprint density at radius 1 is 1.32 bits per heavy atom. The molecule has 126 valence electrons. The number of benzene rings is 2. The fraction of sp³-hybridized carbons (Fsp3) is 0. The van der Waals surface area contributed by atoms with Gasteiger partial charge in [-0.2, -0.15) is 5.10 Å². The molecule has 3 rings (SSSR count). The van der Waals surface area contributed by atoms with Crippen LogP contribution in [0.4, 0.5) is 5.69 Å². The third-order valence-electron chi connectivity index (χ3n) is 3.26. The number of hydrogen-bond acceptors (Lipinski definition) is 5. The summed E-state index contributed by atoms with van der Waals surface area (Å²) in [7, 11) is 0. The van der Waals surface area contributed by atoms with Crippen LogP contribution >= 0.6 is 38.5 Å². The van der Waals surface area contributed by atoms with Gasteiger partial charge in [0.1, 0.15) is 5.58 Å². The van der Waals surface area contributed by atoms with Crippen LogP contribution in [0.5, 0.6) is 0 Å². The highest BCUT2D eigenvalue weighted by atomic mass is 127. The lowest BCUT2D eigenvalue weighted by atomic mass is 10.2. The van der Waals surface area contributed by atoms with Crippen LogP contribution in [0, 0.1) is 13.7 Å². The Hall–Kier alpha value is -2.27. The average molecular weight is 514 g/mol. The second-order valence-electron chi connectivity index (χ2n) is 4.93. The second-order valence-corrected chi connectivity index (χ2v) is 7.01. The van der Waals surface area contributed by atoms with Gasteiger partial charge in [0.25, 0.3) is 5.69 Å². The van der Waals surface area contributed by atoms with Crippen LogP contribution in [0.1, 0.15) is 16.1 Å². The third-order valence-corrected chi connectivity index (χ3v) is 4.52. The summed E-state index contributed by atoms with van der Waals surface area (Å²) in [6.45, 7) is 0. The predicted molar refractivity (Wildman–Crippen MR) is 105 cm³/mol. The Morgan fingerprint density at radius 3 is 2.84 bits per heavy atom. The molecule has 1 aromatic heterocycles. The number of halogens is 2. The van der Waals surface area contributed by atoms with Crippen LogP contribution in [-0.4, -0.2) is 17.0 Å². The first-order valence-corrected chi connectivity index (χ1v) is 8.78. The first kappa shape index (κ1) is 17.5. The van der Waals surface area contributed by atoms with Gasteiger partial charge in [-0.3, -0.25) is 14.9 Å². The zero-order valence-corrected chi connectivity index (χ0v) is 16.1. The SMILES string of the molecule is O=C(N/N=C\c1ccccc1[N+](=O)[O-])c1cc2cc(Br)cc(I)c2o1. The number of hydrogen-bond donors (Lipinski definition) is 1. The number of nitro groups is 1. The lowest BCUT2D eigenvalue weighted by molar-refractivity contribution is -0.385. The van der Waals surface area contributed by atoms with E-state index < -0.39 is 10.8 Å². The number of nitro benzene ring substituents is 1. The molecule has 3 aromatic rings. The fourth-order valence-electron chi connectivity index (χ4n) is 2.17. The molecule has 0 saturated heterocycles. The number of carbonyl (C=O) groups is 1. The van der Waals surface area contributed by atoms with E-state index in [0.29, 0.717) is 5.58 Å². The van der Waals surface area contributed by atoms with Gasteiger partial charge in [0.05, 0.1) is 20.3 Å². The molecule has 1 heterocycles. The number of carbonyl (C=O) groups excluding carboxylic acids is 1. The topological polar surface area (TPSA) is 97.7 Å².